The maximum Gasteiger partial charge on any atom is 0.325 e. The van der Waals surface area contributed by atoms with Gasteiger partial charge in [-0.25, -0.2) is 4.79 Å². The second-order valence-corrected chi connectivity index (χ2v) is 9.69. The smallest absolute Gasteiger partial charge is 0.325 e. The molecule has 1 saturated heterocycles. The molecular weight excluding hydrogens is 428 g/mol. The Bertz CT molecular complexity index is 921. The highest BCUT2D eigenvalue weighted by Crippen LogP contribution is 2.45. The van der Waals surface area contributed by atoms with Crippen LogP contribution in [-0.4, -0.2) is 51.4 Å². The Kier molecular flexibility index (Phi) is 7.06. The number of hydrogen-bond acceptors (Lipinski definition) is 6. The lowest BCUT2D eigenvalue weighted by Crippen LogP contribution is -2.51. The zero-order valence-corrected chi connectivity index (χ0v) is 19.3. The number of benzene rings is 1. The number of rotatable bonds is 8. The number of non-ortho nitro benzene ring substituents is 1. The molecule has 4 amide bonds. The molecule has 1 aliphatic heterocycles. The van der Waals surface area contributed by atoms with Gasteiger partial charge >= 0.3 is 6.03 Å². The van der Waals surface area contributed by atoms with Crippen LogP contribution < -0.4 is 10.6 Å². The van der Waals surface area contributed by atoms with Crippen molar-refractivity contribution in [3.63, 3.8) is 0 Å². The molecule has 1 spiro atoms. The van der Waals surface area contributed by atoms with Gasteiger partial charge in [-0.05, 0) is 54.7 Å². The molecule has 1 atom stereocenters. The van der Waals surface area contributed by atoms with Crippen LogP contribution in [0.1, 0.15) is 64.5 Å². The molecule has 0 radical (unpaired) electrons. The van der Waals surface area contributed by atoms with E-state index >= 15 is 0 Å². The van der Waals surface area contributed by atoms with Crippen LogP contribution in [0.2, 0.25) is 0 Å². The van der Waals surface area contributed by atoms with Crippen molar-refractivity contribution in [1.29, 1.82) is 0 Å². The number of carbonyl (C=O) groups excluding carboxylic acids is 3. The van der Waals surface area contributed by atoms with E-state index in [2.05, 4.69) is 31.4 Å². The summed E-state index contributed by atoms with van der Waals surface area (Å²) in [6.45, 7) is 6.03. The van der Waals surface area contributed by atoms with E-state index in [4.69, 9.17) is 0 Å². The topological polar surface area (TPSA) is 142 Å². The summed E-state index contributed by atoms with van der Waals surface area (Å²) in [4.78, 5) is 49.0. The largest absolute Gasteiger partial charge is 0.387 e. The third-order valence-electron chi connectivity index (χ3n) is 7.38. The van der Waals surface area contributed by atoms with E-state index in [1.165, 1.54) is 24.3 Å². The minimum atomic E-state index is -1.08. The van der Waals surface area contributed by atoms with Crippen molar-refractivity contribution in [3.8, 4) is 0 Å². The van der Waals surface area contributed by atoms with E-state index in [0.717, 1.165) is 24.2 Å². The first-order valence-corrected chi connectivity index (χ1v) is 11.3. The third kappa shape index (κ3) is 5.16. The fourth-order valence-electron chi connectivity index (χ4n) is 4.69. The summed E-state index contributed by atoms with van der Waals surface area (Å²) in [5, 5.41) is 26.3. The summed E-state index contributed by atoms with van der Waals surface area (Å²) in [6.07, 6.45) is 2.76. The van der Waals surface area contributed by atoms with Gasteiger partial charge in [0, 0.05) is 18.7 Å². The zero-order valence-electron chi connectivity index (χ0n) is 19.3. The highest BCUT2D eigenvalue weighted by molar-refractivity contribution is 6.09. The van der Waals surface area contributed by atoms with Crippen LogP contribution in [0.3, 0.4) is 0 Å². The van der Waals surface area contributed by atoms with Gasteiger partial charge in [-0.2, -0.15) is 0 Å². The maximum absolute atomic E-state index is 13.1. The van der Waals surface area contributed by atoms with Crippen LogP contribution in [0.4, 0.5) is 10.5 Å². The van der Waals surface area contributed by atoms with Crippen molar-refractivity contribution in [1.82, 2.24) is 15.5 Å². The molecule has 2 aliphatic rings. The molecule has 10 heteroatoms. The number of nitrogens with zero attached hydrogens (tertiary/aromatic N) is 2. The van der Waals surface area contributed by atoms with Crippen LogP contribution in [0.25, 0.3) is 0 Å². The molecule has 2 fully saturated rings. The fraction of sp³-hybridized carbons (Fsp3) is 0.609. The SMILES string of the molecule is CCC(C)(C)C1CCC2(CC1)NC(=O)N(CC(=O)NC[C@H](O)c1ccc([N+](=O)[O-])cc1)C2=O. The normalized spacial score (nSPS) is 24.0. The second kappa shape index (κ2) is 9.46. The molecule has 180 valence electrons. The Labute approximate surface area is 192 Å². The predicted octanol–water partition coefficient (Wildman–Crippen LogP) is 2.66. The van der Waals surface area contributed by atoms with E-state index in [-0.39, 0.29) is 23.6 Å². The molecule has 3 rings (SSSR count). The number of urea groups is 1. The summed E-state index contributed by atoms with van der Waals surface area (Å²) in [5.41, 5.74) is -0.454. The summed E-state index contributed by atoms with van der Waals surface area (Å²) in [6, 6.07) is 4.78. The van der Waals surface area contributed by atoms with E-state index < -0.39 is 35.0 Å². The van der Waals surface area contributed by atoms with Crippen LogP contribution >= 0.6 is 0 Å². The van der Waals surface area contributed by atoms with Gasteiger partial charge in [0.1, 0.15) is 12.1 Å². The minimum absolute atomic E-state index is 0.102. The lowest BCUT2D eigenvalue weighted by Gasteiger charge is -2.42. The average molecular weight is 461 g/mol. The van der Waals surface area contributed by atoms with Crippen molar-refractivity contribution in [3.05, 3.63) is 39.9 Å². The van der Waals surface area contributed by atoms with E-state index in [1.807, 2.05) is 0 Å². The number of imide groups is 1. The van der Waals surface area contributed by atoms with Crippen LogP contribution in [0, 0.1) is 21.4 Å². The molecule has 0 aromatic heterocycles. The summed E-state index contributed by atoms with van der Waals surface area (Å²) >= 11 is 0. The number of aliphatic hydroxyl groups excluding tert-OH is 1. The Balaban J connectivity index is 1.53. The first-order valence-electron chi connectivity index (χ1n) is 11.3. The van der Waals surface area contributed by atoms with Gasteiger partial charge < -0.3 is 15.7 Å². The molecular formula is C23H32N4O6. The average Bonchev–Trinajstić information content (AvgIpc) is 3.01. The summed E-state index contributed by atoms with van der Waals surface area (Å²) in [5.74, 6) is -0.459. The number of nitro benzene ring substituents is 1. The molecule has 1 aromatic rings. The van der Waals surface area contributed by atoms with Crippen LogP contribution in [-0.2, 0) is 9.59 Å². The fourth-order valence-corrected chi connectivity index (χ4v) is 4.69. The lowest BCUT2D eigenvalue weighted by molar-refractivity contribution is -0.384. The maximum atomic E-state index is 13.1. The van der Waals surface area contributed by atoms with Gasteiger partial charge in [0.25, 0.3) is 11.6 Å². The molecule has 1 heterocycles. The third-order valence-corrected chi connectivity index (χ3v) is 7.38. The van der Waals surface area contributed by atoms with Crippen LogP contribution in [0.5, 0.6) is 0 Å². The molecule has 10 nitrogen and oxygen atoms in total. The minimum Gasteiger partial charge on any atom is -0.387 e. The number of aliphatic hydroxyl groups is 1. The Morgan fingerprint density at radius 1 is 1.30 bits per heavy atom. The quantitative estimate of drug-likeness (QED) is 0.309. The van der Waals surface area contributed by atoms with Gasteiger partial charge in [-0.1, -0.05) is 27.2 Å². The van der Waals surface area contributed by atoms with Crippen molar-refractivity contribution in [2.45, 2.75) is 64.5 Å². The summed E-state index contributed by atoms with van der Waals surface area (Å²) < 4.78 is 0. The predicted molar refractivity (Wildman–Crippen MR) is 120 cm³/mol. The molecule has 1 aliphatic carbocycles. The van der Waals surface area contributed by atoms with Gasteiger partial charge in [0.2, 0.25) is 5.91 Å². The zero-order chi connectivity index (χ0) is 24.4. The van der Waals surface area contributed by atoms with E-state index in [0.29, 0.717) is 24.3 Å². The molecule has 0 unspecified atom stereocenters. The van der Waals surface area contributed by atoms with Crippen molar-refractivity contribution in [2.75, 3.05) is 13.1 Å². The first-order chi connectivity index (χ1) is 15.5. The van der Waals surface area contributed by atoms with Gasteiger partial charge in [0.05, 0.1) is 11.0 Å². The molecule has 3 N–H and O–H groups in total. The van der Waals surface area contributed by atoms with Crippen molar-refractivity contribution in [2.24, 2.45) is 11.3 Å². The van der Waals surface area contributed by atoms with E-state index in [1.54, 1.807) is 0 Å². The number of amides is 4. The lowest BCUT2D eigenvalue weighted by atomic mass is 9.65. The van der Waals surface area contributed by atoms with Gasteiger partial charge in [-0.3, -0.25) is 24.6 Å². The first kappa shape index (κ1) is 24.6. The van der Waals surface area contributed by atoms with E-state index in [9.17, 15) is 29.6 Å². The molecule has 33 heavy (non-hydrogen) atoms. The summed E-state index contributed by atoms with van der Waals surface area (Å²) in [7, 11) is 0. The molecule has 0 bridgehead atoms. The molecule has 1 aromatic carbocycles. The number of nitrogens with one attached hydrogen (secondary N) is 2. The second-order valence-electron chi connectivity index (χ2n) is 9.69. The van der Waals surface area contributed by atoms with Gasteiger partial charge in [-0.15, -0.1) is 0 Å². The highest BCUT2D eigenvalue weighted by atomic mass is 16.6. The Morgan fingerprint density at radius 2 is 1.91 bits per heavy atom. The van der Waals surface area contributed by atoms with Crippen LogP contribution in [0.15, 0.2) is 24.3 Å². The monoisotopic (exact) mass is 460 g/mol. The van der Waals surface area contributed by atoms with Crippen molar-refractivity contribution < 1.29 is 24.4 Å². The number of hydrogen-bond donors (Lipinski definition) is 3. The standard InChI is InChI=1S/C23H32N4O6/c1-4-22(2,3)16-9-11-23(12-10-16)20(30)26(21(31)25-23)14-19(29)24-13-18(28)15-5-7-17(8-6-15)27(32)33/h5-8,16,18,28H,4,9-14H2,1-3H3,(H,24,29)(H,25,31)/t16?,18-,23?/m0/s1. The van der Waals surface area contributed by atoms with Crippen molar-refractivity contribution >= 4 is 23.5 Å². The number of nitro groups is 1. The number of carbonyl (C=O) groups is 3. The molecule has 1 saturated carbocycles. The highest BCUT2D eigenvalue weighted by Gasteiger charge is 2.53. The Hall–Kier alpha value is -3.01. The van der Waals surface area contributed by atoms with Gasteiger partial charge in [0.15, 0.2) is 0 Å². The Morgan fingerprint density at radius 3 is 2.45 bits per heavy atom.